The second-order valence-electron chi connectivity index (χ2n) is 4.38. The predicted molar refractivity (Wildman–Crippen MR) is 75.6 cm³/mol. The van der Waals surface area contributed by atoms with Crippen molar-refractivity contribution in [2.45, 2.75) is 19.8 Å². The van der Waals surface area contributed by atoms with Crippen molar-refractivity contribution in [3.05, 3.63) is 58.4 Å². The summed E-state index contributed by atoms with van der Waals surface area (Å²) in [4.78, 5) is 23.5. The summed E-state index contributed by atoms with van der Waals surface area (Å²) in [5, 5.41) is 0. The van der Waals surface area contributed by atoms with E-state index in [1.54, 1.807) is 0 Å². The van der Waals surface area contributed by atoms with E-state index >= 15 is 0 Å². The summed E-state index contributed by atoms with van der Waals surface area (Å²) in [6.45, 7) is 2.33. The number of rotatable bonds is 5. The molecule has 2 aromatic rings. The molecule has 0 spiro atoms. The molecule has 0 unspecified atom stereocenters. The minimum atomic E-state index is -0.603. The summed E-state index contributed by atoms with van der Waals surface area (Å²) >= 11 is 0. The lowest BCUT2D eigenvalue weighted by molar-refractivity contribution is 0.0461. The summed E-state index contributed by atoms with van der Waals surface area (Å²) in [5.41, 5.74) is 0.463. The van der Waals surface area contributed by atoms with Crippen LogP contribution in [-0.2, 0) is 4.74 Å². The van der Waals surface area contributed by atoms with Crippen LogP contribution >= 0.6 is 0 Å². The lowest BCUT2D eigenvalue weighted by Crippen LogP contribution is -2.10. The van der Waals surface area contributed by atoms with Gasteiger partial charge in [-0.2, -0.15) is 0 Å². The minimum absolute atomic E-state index is 0.0625. The van der Waals surface area contributed by atoms with Crippen LogP contribution in [0.3, 0.4) is 0 Å². The number of carbonyl (C=O) groups excluding carboxylic acids is 1. The van der Waals surface area contributed by atoms with Crippen molar-refractivity contribution in [3.63, 3.8) is 0 Å². The van der Waals surface area contributed by atoms with E-state index in [1.807, 2.05) is 37.3 Å². The maximum Gasteiger partial charge on any atom is 0.374 e. The summed E-state index contributed by atoms with van der Waals surface area (Å²) in [6.07, 6.45) is 1.72. The van der Waals surface area contributed by atoms with Crippen LogP contribution in [-0.4, -0.2) is 12.6 Å². The third kappa shape index (κ3) is 3.57. The molecule has 4 heteroatoms. The Hall–Kier alpha value is -2.36. The number of hydrogen-bond acceptors (Lipinski definition) is 4. The molecule has 0 aliphatic carbocycles. The molecule has 1 aromatic carbocycles. The molecule has 0 radical (unpaired) electrons. The van der Waals surface area contributed by atoms with Crippen molar-refractivity contribution in [1.82, 2.24) is 0 Å². The summed E-state index contributed by atoms with van der Waals surface area (Å²) in [6, 6.07) is 11.7. The Morgan fingerprint density at radius 3 is 2.65 bits per heavy atom. The van der Waals surface area contributed by atoms with Crippen LogP contribution in [0.1, 0.15) is 30.3 Å². The molecule has 104 valence electrons. The summed E-state index contributed by atoms with van der Waals surface area (Å²) in [5.74, 6) is -0.304. The monoisotopic (exact) mass is 272 g/mol. The van der Waals surface area contributed by atoms with Crippen LogP contribution < -0.4 is 5.43 Å². The fourth-order valence-electron chi connectivity index (χ4n) is 1.70. The molecule has 20 heavy (non-hydrogen) atoms. The van der Waals surface area contributed by atoms with Crippen molar-refractivity contribution in [2.24, 2.45) is 0 Å². The van der Waals surface area contributed by atoms with Crippen LogP contribution in [0.2, 0.25) is 0 Å². The first-order chi connectivity index (χ1) is 9.70. The second-order valence-corrected chi connectivity index (χ2v) is 4.38. The largest absolute Gasteiger partial charge is 0.460 e. The Morgan fingerprint density at radius 2 is 1.95 bits per heavy atom. The standard InChI is InChI=1S/C16H16O4/c1-2-3-9-19-16(18)15-11-13(17)10-14(20-15)12-7-5-4-6-8-12/h4-8,10-11H,2-3,9H2,1H3. The minimum Gasteiger partial charge on any atom is -0.460 e. The van der Waals surface area contributed by atoms with Gasteiger partial charge in [-0.15, -0.1) is 0 Å². The smallest absolute Gasteiger partial charge is 0.374 e. The lowest BCUT2D eigenvalue weighted by atomic mass is 10.1. The molecule has 0 aliphatic rings. The zero-order valence-corrected chi connectivity index (χ0v) is 11.3. The van der Waals surface area contributed by atoms with Crippen molar-refractivity contribution in [3.8, 4) is 11.3 Å². The third-order valence-electron chi connectivity index (χ3n) is 2.76. The first-order valence-corrected chi connectivity index (χ1v) is 6.58. The van der Waals surface area contributed by atoms with Gasteiger partial charge in [-0.25, -0.2) is 4.79 Å². The highest BCUT2D eigenvalue weighted by molar-refractivity contribution is 5.86. The van der Waals surface area contributed by atoms with Gasteiger partial charge in [0.05, 0.1) is 6.61 Å². The van der Waals surface area contributed by atoms with Gasteiger partial charge in [0, 0.05) is 17.7 Å². The van der Waals surface area contributed by atoms with Crippen molar-refractivity contribution in [2.75, 3.05) is 6.61 Å². The van der Waals surface area contributed by atoms with Gasteiger partial charge in [0.2, 0.25) is 5.76 Å². The van der Waals surface area contributed by atoms with Gasteiger partial charge < -0.3 is 9.15 Å². The number of ether oxygens (including phenoxy) is 1. The number of esters is 1. The Balaban J connectivity index is 2.25. The fourth-order valence-corrected chi connectivity index (χ4v) is 1.70. The van der Waals surface area contributed by atoms with E-state index in [0.29, 0.717) is 12.4 Å². The highest BCUT2D eigenvalue weighted by Gasteiger charge is 2.13. The molecular formula is C16H16O4. The van der Waals surface area contributed by atoms with Crippen LogP contribution in [0, 0.1) is 0 Å². The van der Waals surface area contributed by atoms with Crippen LogP contribution in [0.25, 0.3) is 11.3 Å². The Bertz CT molecular complexity index is 628. The Morgan fingerprint density at radius 1 is 1.20 bits per heavy atom. The lowest BCUT2D eigenvalue weighted by Gasteiger charge is -2.05. The Kier molecular flexibility index (Phi) is 4.71. The molecule has 0 saturated carbocycles. The topological polar surface area (TPSA) is 56.5 Å². The van der Waals surface area contributed by atoms with E-state index in [-0.39, 0.29) is 11.2 Å². The van der Waals surface area contributed by atoms with E-state index in [9.17, 15) is 9.59 Å². The predicted octanol–water partition coefficient (Wildman–Crippen LogP) is 3.26. The normalized spacial score (nSPS) is 10.2. The molecular weight excluding hydrogens is 256 g/mol. The molecule has 0 aliphatic heterocycles. The number of hydrogen-bond donors (Lipinski definition) is 0. The maximum absolute atomic E-state index is 11.8. The number of unbranched alkanes of at least 4 members (excludes halogenated alkanes) is 1. The molecule has 1 aromatic heterocycles. The molecule has 0 bridgehead atoms. The summed E-state index contributed by atoms with van der Waals surface area (Å²) in [7, 11) is 0. The van der Waals surface area contributed by atoms with Gasteiger partial charge in [-0.3, -0.25) is 4.79 Å². The third-order valence-corrected chi connectivity index (χ3v) is 2.76. The maximum atomic E-state index is 11.8. The molecule has 4 nitrogen and oxygen atoms in total. The van der Waals surface area contributed by atoms with E-state index in [4.69, 9.17) is 9.15 Å². The van der Waals surface area contributed by atoms with Gasteiger partial charge in [0.1, 0.15) is 5.76 Å². The zero-order chi connectivity index (χ0) is 14.4. The van der Waals surface area contributed by atoms with Gasteiger partial charge in [-0.1, -0.05) is 43.7 Å². The van der Waals surface area contributed by atoms with Crippen LogP contribution in [0.15, 0.2) is 51.7 Å². The number of benzene rings is 1. The number of carbonyl (C=O) groups is 1. The Labute approximate surface area is 117 Å². The quantitative estimate of drug-likeness (QED) is 0.619. The van der Waals surface area contributed by atoms with E-state index in [1.165, 1.54) is 6.07 Å². The van der Waals surface area contributed by atoms with Crippen LogP contribution in [0.4, 0.5) is 0 Å². The first kappa shape index (κ1) is 14.1. The zero-order valence-electron chi connectivity index (χ0n) is 11.3. The fraction of sp³-hybridized carbons (Fsp3) is 0.250. The average Bonchev–Trinajstić information content (AvgIpc) is 2.47. The summed E-state index contributed by atoms with van der Waals surface area (Å²) < 4.78 is 10.5. The molecule has 1 heterocycles. The highest BCUT2D eigenvalue weighted by atomic mass is 16.5. The van der Waals surface area contributed by atoms with E-state index in [2.05, 4.69) is 0 Å². The SMILES string of the molecule is CCCCOC(=O)c1cc(=O)cc(-c2ccccc2)o1. The molecule has 0 atom stereocenters. The van der Waals surface area contributed by atoms with Gasteiger partial charge >= 0.3 is 5.97 Å². The van der Waals surface area contributed by atoms with Crippen LogP contribution in [0.5, 0.6) is 0 Å². The van der Waals surface area contributed by atoms with Crippen molar-refractivity contribution in [1.29, 1.82) is 0 Å². The second kappa shape index (κ2) is 6.70. The van der Waals surface area contributed by atoms with Gasteiger partial charge in [0.15, 0.2) is 5.43 Å². The molecule has 0 N–H and O–H groups in total. The van der Waals surface area contributed by atoms with E-state index in [0.717, 1.165) is 24.5 Å². The molecule has 0 saturated heterocycles. The van der Waals surface area contributed by atoms with Gasteiger partial charge in [-0.05, 0) is 6.42 Å². The van der Waals surface area contributed by atoms with E-state index < -0.39 is 5.97 Å². The van der Waals surface area contributed by atoms with Crippen molar-refractivity contribution >= 4 is 5.97 Å². The average molecular weight is 272 g/mol. The van der Waals surface area contributed by atoms with Gasteiger partial charge in [0.25, 0.3) is 0 Å². The first-order valence-electron chi connectivity index (χ1n) is 6.58. The van der Waals surface area contributed by atoms with Crippen molar-refractivity contribution < 1.29 is 13.9 Å². The molecule has 0 amide bonds. The highest BCUT2D eigenvalue weighted by Crippen LogP contribution is 2.18. The molecule has 0 fully saturated rings. The molecule has 2 rings (SSSR count).